The monoisotopic (exact) mass is 355 g/mol. The molecule has 1 rings (SSSR count). The molecule has 7 heteroatoms. The van der Waals surface area contributed by atoms with Crippen LogP contribution >= 0.6 is 0 Å². The zero-order chi connectivity index (χ0) is 18.9. The lowest BCUT2D eigenvalue weighted by Gasteiger charge is -2.31. The Hall–Kier alpha value is -1.79. The van der Waals surface area contributed by atoms with Crippen molar-refractivity contribution in [3.63, 3.8) is 0 Å². The summed E-state index contributed by atoms with van der Waals surface area (Å²) in [5.74, 6) is -1.19. The van der Waals surface area contributed by atoms with Crippen LogP contribution in [0.2, 0.25) is 0 Å². The summed E-state index contributed by atoms with van der Waals surface area (Å²) < 4.78 is 0. The zero-order valence-corrected chi connectivity index (χ0v) is 15.8. The summed E-state index contributed by atoms with van der Waals surface area (Å²) in [6.07, 6.45) is 8.39. The molecule has 0 aromatic heterocycles. The molecule has 3 N–H and O–H groups in total. The van der Waals surface area contributed by atoms with E-state index in [4.69, 9.17) is 5.11 Å². The van der Waals surface area contributed by atoms with Crippen molar-refractivity contribution in [2.75, 3.05) is 13.6 Å². The number of nitrogens with zero attached hydrogens (tertiary/aromatic N) is 1. The topological polar surface area (TPSA) is 98.7 Å². The van der Waals surface area contributed by atoms with E-state index < -0.39 is 11.5 Å². The number of carbonyl (C=O) groups excluding carboxylic acids is 2. The van der Waals surface area contributed by atoms with Gasteiger partial charge < -0.3 is 20.6 Å². The van der Waals surface area contributed by atoms with Gasteiger partial charge in [-0.2, -0.15) is 0 Å². The van der Waals surface area contributed by atoms with E-state index in [0.717, 1.165) is 25.7 Å². The molecule has 0 aromatic rings. The summed E-state index contributed by atoms with van der Waals surface area (Å²) in [5.41, 5.74) is -1.20. The molecule has 0 heterocycles. The van der Waals surface area contributed by atoms with Crippen LogP contribution < -0.4 is 10.6 Å². The first-order valence-electron chi connectivity index (χ1n) is 9.29. The largest absolute Gasteiger partial charge is 0.480 e. The zero-order valence-electron chi connectivity index (χ0n) is 15.8. The molecule has 3 amide bonds. The lowest BCUT2D eigenvalue weighted by atomic mass is 9.96. The quantitative estimate of drug-likeness (QED) is 0.553. The fourth-order valence-electron chi connectivity index (χ4n) is 2.89. The van der Waals surface area contributed by atoms with Gasteiger partial charge >= 0.3 is 12.0 Å². The molecule has 0 radical (unpaired) electrons. The smallest absolute Gasteiger partial charge is 0.329 e. The van der Waals surface area contributed by atoms with Crippen molar-refractivity contribution in [2.24, 2.45) is 0 Å². The second-order valence-corrected chi connectivity index (χ2v) is 7.36. The number of likely N-dealkylation sites (N-methyl/N-ethyl adjacent to an activating group) is 1. The number of hydrogen-bond donors (Lipinski definition) is 3. The lowest BCUT2D eigenvalue weighted by molar-refractivity contribution is -0.155. The standard InChI is InChI=1S/C18H33N3O4/c1-18(2,16(23)24)21(3)15(22)12-8-5-9-13-19-17(25)20-14-10-6-4-7-11-14/h14H,4-13H2,1-3H3,(H,23,24)(H2,19,20,25). The molecule has 7 nitrogen and oxygen atoms in total. The van der Waals surface area contributed by atoms with Gasteiger partial charge in [0.1, 0.15) is 5.54 Å². The third kappa shape index (κ3) is 7.32. The van der Waals surface area contributed by atoms with Crippen molar-refractivity contribution >= 4 is 17.9 Å². The van der Waals surface area contributed by atoms with Gasteiger partial charge in [0.2, 0.25) is 5.91 Å². The Labute approximate surface area is 150 Å². The van der Waals surface area contributed by atoms with Crippen molar-refractivity contribution in [1.82, 2.24) is 15.5 Å². The Balaban J connectivity index is 2.10. The Kier molecular flexibility index (Phi) is 8.72. The number of rotatable bonds is 9. The second kappa shape index (κ2) is 10.3. The molecule has 0 bridgehead atoms. The highest BCUT2D eigenvalue weighted by Crippen LogP contribution is 2.17. The van der Waals surface area contributed by atoms with E-state index in [1.165, 1.54) is 45.1 Å². The predicted molar refractivity (Wildman–Crippen MR) is 96.4 cm³/mol. The van der Waals surface area contributed by atoms with Crippen LogP contribution in [0.3, 0.4) is 0 Å². The average Bonchev–Trinajstić information content (AvgIpc) is 2.57. The summed E-state index contributed by atoms with van der Waals surface area (Å²) in [4.78, 5) is 36.2. The van der Waals surface area contributed by atoms with E-state index in [1.54, 1.807) is 0 Å². The molecule has 0 spiro atoms. The van der Waals surface area contributed by atoms with Gasteiger partial charge in [-0.15, -0.1) is 0 Å². The van der Waals surface area contributed by atoms with Gasteiger partial charge in [-0.05, 0) is 39.5 Å². The molecule has 1 saturated carbocycles. The maximum absolute atomic E-state index is 12.0. The third-order valence-electron chi connectivity index (χ3n) is 5.03. The maximum Gasteiger partial charge on any atom is 0.329 e. The van der Waals surface area contributed by atoms with Crippen LogP contribution in [0.4, 0.5) is 4.79 Å². The number of nitrogens with one attached hydrogen (secondary N) is 2. The van der Waals surface area contributed by atoms with Crippen molar-refractivity contribution in [3.05, 3.63) is 0 Å². The van der Waals surface area contributed by atoms with Crippen LogP contribution in [0, 0.1) is 0 Å². The summed E-state index contributed by atoms with van der Waals surface area (Å²) in [7, 11) is 1.52. The van der Waals surface area contributed by atoms with E-state index >= 15 is 0 Å². The normalized spacial score (nSPS) is 15.5. The van der Waals surface area contributed by atoms with E-state index in [1.807, 2.05) is 0 Å². The van der Waals surface area contributed by atoms with Crippen LogP contribution in [0.25, 0.3) is 0 Å². The van der Waals surface area contributed by atoms with Gasteiger partial charge in [-0.3, -0.25) is 4.79 Å². The Bertz CT molecular complexity index is 459. The highest BCUT2D eigenvalue weighted by atomic mass is 16.4. The molecule has 1 aliphatic rings. The Morgan fingerprint density at radius 1 is 1.08 bits per heavy atom. The van der Waals surface area contributed by atoms with E-state index in [-0.39, 0.29) is 11.9 Å². The minimum Gasteiger partial charge on any atom is -0.480 e. The number of amides is 3. The third-order valence-corrected chi connectivity index (χ3v) is 5.03. The summed E-state index contributed by atoms with van der Waals surface area (Å²) >= 11 is 0. The van der Waals surface area contributed by atoms with E-state index in [0.29, 0.717) is 25.4 Å². The van der Waals surface area contributed by atoms with Gasteiger partial charge in [0, 0.05) is 26.1 Å². The van der Waals surface area contributed by atoms with Crippen molar-refractivity contribution in [2.45, 2.75) is 83.2 Å². The van der Waals surface area contributed by atoms with Crippen LogP contribution in [-0.2, 0) is 9.59 Å². The molecule has 144 valence electrons. The number of carbonyl (C=O) groups is 3. The Morgan fingerprint density at radius 3 is 2.32 bits per heavy atom. The predicted octanol–water partition coefficient (Wildman–Crippen LogP) is 2.50. The number of hydrogen-bond acceptors (Lipinski definition) is 3. The highest BCUT2D eigenvalue weighted by molar-refractivity contribution is 5.86. The number of aliphatic carboxylic acids is 1. The Morgan fingerprint density at radius 2 is 1.72 bits per heavy atom. The number of carboxylic acid groups (broad SMARTS) is 1. The van der Waals surface area contributed by atoms with Gasteiger partial charge in [-0.1, -0.05) is 25.7 Å². The van der Waals surface area contributed by atoms with Crippen molar-refractivity contribution < 1.29 is 19.5 Å². The van der Waals surface area contributed by atoms with E-state index in [9.17, 15) is 14.4 Å². The molecule has 25 heavy (non-hydrogen) atoms. The van der Waals surface area contributed by atoms with Crippen LogP contribution in [0.1, 0.15) is 71.6 Å². The first kappa shape index (κ1) is 21.3. The first-order valence-corrected chi connectivity index (χ1v) is 9.29. The summed E-state index contributed by atoms with van der Waals surface area (Å²) in [6, 6.07) is 0.199. The SMILES string of the molecule is CN(C(=O)CCCCCNC(=O)NC1CCCCC1)C(C)(C)C(=O)O. The molecule has 0 atom stereocenters. The minimum atomic E-state index is -1.20. The van der Waals surface area contributed by atoms with Crippen LogP contribution in [0.15, 0.2) is 0 Å². The summed E-state index contributed by atoms with van der Waals surface area (Å²) in [5, 5.41) is 15.0. The summed E-state index contributed by atoms with van der Waals surface area (Å²) in [6.45, 7) is 3.62. The highest BCUT2D eigenvalue weighted by Gasteiger charge is 2.34. The maximum atomic E-state index is 12.0. The number of unbranched alkanes of at least 4 members (excludes halogenated alkanes) is 2. The fourth-order valence-corrected chi connectivity index (χ4v) is 2.89. The number of carboxylic acids is 1. The van der Waals surface area contributed by atoms with Crippen LogP contribution in [-0.4, -0.2) is 53.1 Å². The minimum absolute atomic E-state index is 0.106. The number of urea groups is 1. The molecule has 0 aliphatic heterocycles. The van der Waals surface area contributed by atoms with Crippen LogP contribution in [0.5, 0.6) is 0 Å². The lowest BCUT2D eigenvalue weighted by Crippen LogP contribution is -2.50. The molecular weight excluding hydrogens is 322 g/mol. The van der Waals surface area contributed by atoms with Gasteiger partial charge in [0.15, 0.2) is 0 Å². The van der Waals surface area contributed by atoms with Crippen molar-refractivity contribution in [3.8, 4) is 0 Å². The molecule has 0 aromatic carbocycles. The van der Waals surface area contributed by atoms with Gasteiger partial charge in [0.05, 0.1) is 0 Å². The van der Waals surface area contributed by atoms with E-state index in [2.05, 4.69) is 10.6 Å². The molecule has 1 fully saturated rings. The molecule has 0 unspecified atom stereocenters. The first-order chi connectivity index (χ1) is 11.7. The van der Waals surface area contributed by atoms with Gasteiger partial charge in [0.25, 0.3) is 0 Å². The molecule has 1 aliphatic carbocycles. The average molecular weight is 355 g/mol. The fraction of sp³-hybridized carbons (Fsp3) is 0.833. The molecular formula is C18H33N3O4. The van der Waals surface area contributed by atoms with Crippen molar-refractivity contribution in [1.29, 1.82) is 0 Å². The van der Waals surface area contributed by atoms with Gasteiger partial charge in [-0.25, -0.2) is 9.59 Å². The molecule has 0 saturated heterocycles. The second-order valence-electron chi connectivity index (χ2n) is 7.36.